The summed E-state index contributed by atoms with van der Waals surface area (Å²) in [5.74, 6) is -0.227. The average Bonchev–Trinajstić information content (AvgIpc) is 2.82. The molecule has 0 saturated heterocycles. The lowest BCUT2D eigenvalue weighted by Crippen LogP contribution is -2.51. The van der Waals surface area contributed by atoms with Gasteiger partial charge in [-0.25, -0.2) is 0 Å². The van der Waals surface area contributed by atoms with Gasteiger partial charge >= 0.3 is 5.97 Å². The number of aromatic nitrogens is 2. The number of nitrogens with one attached hydrogen (secondary N) is 1. The Bertz CT molecular complexity index is 422. The maximum Gasteiger partial charge on any atom is 0.325 e. The number of halogens is 1. The molecule has 0 aliphatic heterocycles. The number of methoxy groups -OCH3 is 1. The van der Waals surface area contributed by atoms with Gasteiger partial charge in [-0.05, 0) is 55.8 Å². The number of ether oxygens (including phenoxy) is 1. The fraction of sp³-hybridized carbons (Fsp3) is 0.692. The molecule has 1 N–H and O–H groups in total. The van der Waals surface area contributed by atoms with Crippen LogP contribution < -0.4 is 5.32 Å². The molecule has 19 heavy (non-hydrogen) atoms. The third kappa shape index (κ3) is 4.45. The van der Waals surface area contributed by atoms with Crippen LogP contribution in [0.25, 0.3) is 0 Å². The fourth-order valence-electron chi connectivity index (χ4n) is 2.09. The summed E-state index contributed by atoms with van der Waals surface area (Å²) >= 11 is 2.22. The normalized spacial score (nSPS) is 15.8. The summed E-state index contributed by atoms with van der Waals surface area (Å²) in [4.78, 5) is 12.0. The molecular weight excluding hydrogens is 357 g/mol. The quantitative estimate of drug-likeness (QED) is 0.584. The second kappa shape index (κ2) is 7.23. The predicted octanol–water partition coefficient (Wildman–Crippen LogP) is 2.37. The molecule has 0 aromatic carbocycles. The van der Waals surface area contributed by atoms with E-state index in [9.17, 15) is 4.79 Å². The molecular formula is C13H22IN3O2. The van der Waals surface area contributed by atoms with Gasteiger partial charge in [-0.15, -0.1) is 0 Å². The Morgan fingerprint density at radius 3 is 2.84 bits per heavy atom. The highest BCUT2D eigenvalue weighted by molar-refractivity contribution is 14.1. The van der Waals surface area contributed by atoms with Gasteiger partial charge in [0.25, 0.3) is 0 Å². The molecule has 1 aromatic rings. The zero-order valence-electron chi connectivity index (χ0n) is 11.9. The van der Waals surface area contributed by atoms with E-state index in [1.807, 2.05) is 24.0 Å². The standard InChI is InChI=1S/C13H22IN3O2/c1-5-6-15-13(3,12(18)19-4)7-10(2)17-9-11(14)8-16-17/h8-10,15H,5-7H2,1-4H3. The van der Waals surface area contributed by atoms with Crippen LogP contribution in [0.4, 0.5) is 0 Å². The minimum absolute atomic E-state index is 0.122. The van der Waals surface area contributed by atoms with Gasteiger partial charge in [0.2, 0.25) is 0 Å². The molecule has 0 aliphatic carbocycles. The second-order valence-electron chi connectivity index (χ2n) is 4.94. The minimum atomic E-state index is -0.679. The molecule has 0 saturated carbocycles. The number of nitrogens with zero attached hydrogens (tertiary/aromatic N) is 2. The van der Waals surface area contributed by atoms with Gasteiger partial charge in [0.15, 0.2) is 0 Å². The molecule has 2 atom stereocenters. The summed E-state index contributed by atoms with van der Waals surface area (Å²) in [5.41, 5.74) is -0.679. The van der Waals surface area contributed by atoms with Crippen LogP contribution in [0.1, 0.15) is 39.7 Å². The first-order valence-corrected chi connectivity index (χ1v) is 7.54. The SMILES string of the molecule is CCCNC(C)(CC(C)n1cc(I)cn1)C(=O)OC. The Hall–Kier alpha value is -0.630. The molecule has 6 heteroatoms. The number of carbonyl (C=O) groups excluding carboxylic acids is 1. The van der Waals surface area contributed by atoms with Crippen LogP contribution in [0.15, 0.2) is 12.4 Å². The number of carbonyl (C=O) groups is 1. The first-order valence-electron chi connectivity index (χ1n) is 6.46. The van der Waals surface area contributed by atoms with Crippen LogP contribution in [0.3, 0.4) is 0 Å². The largest absolute Gasteiger partial charge is 0.468 e. The number of hydrogen-bond acceptors (Lipinski definition) is 4. The van der Waals surface area contributed by atoms with Gasteiger partial charge in [-0.2, -0.15) is 5.10 Å². The van der Waals surface area contributed by atoms with Crippen molar-refractivity contribution in [1.82, 2.24) is 15.1 Å². The number of esters is 1. The molecule has 0 radical (unpaired) electrons. The van der Waals surface area contributed by atoms with E-state index in [0.29, 0.717) is 6.42 Å². The summed E-state index contributed by atoms with van der Waals surface area (Å²) in [6.45, 7) is 6.80. The van der Waals surface area contributed by atoms with Gasteiger partial charge in [0, 0.05) is 6.20 Å². The van der Waals surface area contributed by atoms with Crippen molar-refractivity contribution in [2.24, 2.45) is 0 Å². The molecule has 0 fully saturated rings. The van der Waals surface area contributed by atoms with Crippen molar-refractivity contribution >= 4 is 28.6 Å². The molecule has 0 amide bonds. The van der Waals surface area contributed by atoms with E-state index in [4.69, 9.17) is 4.74 Å². The van der Waals surface area contributed by atoms with E-state index in [-0.39, 0.29) is 12.0 Å². The van der Waals surface area contributed by atoms with Crippen LogP contribution in [-0.2, 0) is 9.53 Å². The Morgan fingerprint density at radius 2 is 2.37 bits per heavy atom. The molecule has 0 bridgehead atoms. The highest BCUT2D eigenvalue weighted by atomic mass is 127. The number of hydrogen-bond donors (Lipinski definition) is 1. The molecule has 0 aliphatic rings. The zero-order chi connectivity index (χ0) is 14.5. The van der Waals surface area contributed by atoms with Crippen molar-refractivity contribution in [2.75, 3.05) is 13.7 Å². The summed E-state index contributed by atoms with van der Waals surface area (Å²) in [5, 5.41) is 7.58. The molecule has 108 valence electrons. The van der Waals surface area contributed by atoms with Gasteiger partial charge in [0.1, 0.15) is 5.54 Å². The lowest BCUT2D eigenvalue weighted by atomic mass is 9.93. The fourth-order valence-corrected chi connectivity index (χ4v) is 2.50. The van der Waals surface area contributed by atoms with Crippen LogP contribution in [0.2, 0.25) is 0 Å². The first kappa shape index (κ1) is 16.4. The highest BCUT2D eigenvalue weighted by Gasteiger charge is 2.35. The van der Waals surface area contributed by atoms with Gasteiger partial charge in [-0.3, -0.25) is 9.48 Å². The average molecular weight is 379 g/mol. The van der Waals surface area contributed by atoms with E-state index in [2.05, 4.69) is 46.9 Å². The molecule has 1 heterocycles. The second-order valence-corrected chi connectivity index (χ2v) is 6.19. The zero-order valence-corrected chi connectivity index (χ0v) is 14.1. The van der Waals surface area contributed by atoms with Crippen molar-refractivity contribution in [1.29, 1.82) is 0 Å². The summed E-state index contributed by atoms with van der Waals surface area (Å²) in [7, 11) is 1.43. The Morgan fingerprint density at radius 1 is 1.68 bits per heavy atom. The molecule has 5 nitrogen and oxygen atoms in total. The first-order chi connectivity index (χ1) is 8.92. The number of rotatable bonds is 7. The highest BCUT2D eigenvalue weighted by Crippen LogP contribution is 2.22. The smallest absolute Gasteiger partial charge is 0.325 e. The lowest BCUT2D eigenvalue weighted by molar-refractivity contribution is -0.148. The summed E-state index contributed by atoms with van der Waals surface area (Å²) < 4.78 is 7.90. The van der Waals surface area contributed by atoms with E-state index in [1.54, 1.807) is 0 Å². The Labute approximate surface area is 128 Å². The van der Waals surface area contributed by atoms with Gasteiger partial charge in [-0.1, -0.05) is 6.92 Å². The maximum atomic E-state index is 12.0. The van der Waals surface area contributed by atoms with Crippen LogP contribution in [0, 0.1) is 3.57 Å². The lowest BCUT2D eigenvalue weighted by Gasteiger charge is -2.30. The van der Waals surface area contributed by atoms with E-state index >= 15 is 0 Å². The third-order valence-corrected chi connectivity index (χ3v) is 3.68. The van der Waals surface area contributed by atoms with Gasteiger partial charge < -0.3 is 10.1 Å². The molecule has 2 unspecified atom stereocenters. The van der Waals surface area contributed by atoms with Crippen LogP contribution >= 0.6 is 22.6 Å². The van der Waals surface area contributed by atoms with Gasteiger partial charge in [0.05, 0.1) is 22.9 Å². The predicted molar refractivity (Wildman–Crippen MR) is 83.0 cm³/mol. The van der Waals surface area contributed by atoms with Crippen LogP contribution in [-0.4, -0.2) is 34.9 Å². The van der Waals surface area contributed by atoms with Crippen molar-refractivity contribution in [3.8, 4) is 0 Å². The molecule has 1 rings (SSSR count). The van der Waals surface area contributed by atoms with E-state index in [0.717, 1.165) is 16.5 Å². The topological polar surface area (TPSA) is 56.2 Å². The Balaban J connectivity index is 2.79. The monoisotopic (exact) mass is 379 g/mol. The Kier molecular flexibility index (Phi) is 6.25. The maximum absolute atomic E-state index is 12.0. The van der Waals surface area contributed by atoms with Crippen molar-refractivity contribution in [2.45, 2.75) is 45.2 Å². The van der Waals surface area contributed by atoms with Crippen molar-refractivity contribution < 1.29 is 9.53 Å². The summed E-state index contributed by atoms with van der Waals surface area (Å²) in [6.07, 6.45) is 5.40. The van der Waals surface area contributed by atoms with Crippen molar-refractivity contribution in [3.63, 3.8) is 0 Å². The van der Waals surface area contributed by atoms with Crippen LogP contribution in [0.5, 0.6) is 0 Å². The molecule has 0 spiro atoms. The van der Waals surface area contributed by atoms with E-state index < -0.39 is 5.54 Å². The van der Waals surface area contributed by atoms with Crippen molar-refractivity contribution in [3.05, 3.63) is 16.0 Å². The summed E-state index contributed by atoms with van der Waals surface area (Å²) in [6, 6.07) is 0.122. The van der Waals surface area contributed by atoms with E-state index in [1.165, 1.54) is 7.11 Å². The minimum Gasteiger partial charge on any atom is -0.468 e. The third-order valence-electron chi connectivity index (χ3n) is 3.13. The molecule has 1 aromatic heterocycles.